The van der Waals surface area contributed by atoms with Crippen LogP contribution in [-0.2, 0) is 21.0 Å². The van der Waals surface area contributed by atoms with E-state index >= 15 is 0 Å². The van der Waals surface area contributed by atoms with Crippen LogP contribution in [0.2, 0.25) is 0 Å². The van der Waals surface area contributed by atoms with Crippen LogP contribution in [0.25, 0.3) is 0 Å². The van der Waals surface area contributed by atoms with E-state index in [1.807, 2.05) is 59.7 Å². The van der Waals surface area contributed by atoms with Crippen LogP contribution < -0.4 is 4.74 Å². The van der Waals surface area contributed by atoms with Gasteiger partial charge in [-0.1, -0.05) is 30.3 Å². The van der Waals surface area contributed by atoms with Crippen molar-refractivity contribution in [2.75, 3.05) is 5.88 Å². The topological polar surface area (TPSA) is 68.2 Å². The molecule has 8 heteroatoms. The van der Waals surface area contributed by atoms with Crippen molar-refractivity contribution in [2.24, 2.45) is 5.92 Å². The molecule has 3 aromatic rings. The van der Waals surface area contributed by atoms with Crippen molar-refractivity contribution in [1.82, 2.24) is 5.06 Å². The van der Waals surface area contributed by atoms with Gasteiger partial charge in [0.1, 0.15) is 23.0 Å². The maximum absolute atomic E-state index is 13.1. The molecule has 2 saturated heterocycles. The number of fused-ring (bicyclic) bond motifs is 2. The molecule has 3 aromatic carbocycles. The zero-order chi connectivity index (χ0) is 25.0. The summed E-state index contributed by atoms with van der Waals surface area (Å²) in [5.41, 5.74) is 0.283. The minimum atomic E-state index is -0.776. The number of hydroxylamine groups is 2. The van der Waals surface area contributed by atoms with Gasteiger partial charge in [-0.3, -0.25) is 9.63 Å². The number of thioether (sulfide) groups is 1. The van der Waals surface area contributed by atoms with Gasteiger partial charge >= 0.3 is 5.97 Å². The molecule has 0 spiro atoms. The molecule has 3 unspecified atom stereocenters. The lowest BCUT2D eigenvalue weighted by Crippen LogP contribution is -2.52. The standard InChI is InChI=1S/C28H28FNO5S/c29-22-6-8-23(9-7-22)34-24-10-12-26(13-11-24)36-19-30(33-18-20-4-2-1-3-5-20)28-15-14-25(35-28)16-21(17-28)27(31)32/h1-13,21,25H,14-19H2,(H,31,32). The highest BCUT2D eigenvalue weighted by molar-refractivity contribution is 7.99. The summed E-state index contributed by atoms with van der Waals surface area (Å²) in [7, 11) is 0. The van der Waals surface area contributed by atoms with E-state index in [9.17, 15) is 14.3 Å². The van der Waals surface area contributed by atoms with E-state index < -0.39 is 17.6 Å². The fourth-order valence-electron chi connectivity index (χ4n) is 4.76. The van der Waals surface area contributed by atoms with Crippen molar-refractivity contribution in [1.29, 1.82) is 0 Å². The monoisotopic (exact) mass is 509 g/mol. The Morgan fingerprint density at radius 1 is 1.06 bits per heavy atom. The predicted molar refractivity (Wildman–Crippen MR) is 134 cm³/mol. The molecule has 2 heterocycles. The van der Waals surface area contributed by atoms with Gasteiger partial charge in [0.25, 0.3) is 0 Å². The number of hydrogen-bond donors (Lipinski definition) is 1. The molecule has 0 aliphatic carbocycles. The second-order valence-electron chi connectivity index (χ2n) is 9.14. The molecule has 3 atom stereocenters. The molecule has 2 fully saturated rings. The van der Waals surface area contributed by atoms with Crippen molar-refractivity contribution in [2.45, 2.75) is 49.0 Å². The van der Waals surface area contributed by atoms with Crippen LogP contribution in [0, 0.1) is 11.7 Å². The van der Waals surface area contributed by atoms with Gasteiger partial charge in [-0.05, 0) is 73.4 Å². The van der Waals surface area contributed by atoms with Gasteiger partial charge in [-0.15, -0.1) is 16.8 Å². The number of ether oxygens (including phenoxy) is 2. The van der Waals surface area contributed by atoms with Crippen LogP contribution in [0.15, 0.2) is 83.8 Å². The van der Waals surface area contributed by atoms with Crippen LogP contribution in [0.4, 0.5) is 4.39 Å². The Bertz CT molecular complexity index is 1160. The van der Waals surface area contributed by atoms with E-state index in [2.05, 4.69) is 0 Å². The van der Waals surface area contributed by atoms with Crippen LogP contribution in [0.1, 0.15) is 31.2 Å². The van der Waals surface area contributed by atoms with Crippen molar-refractivity contribution in [3.05, 3.63) is 90.2 Å². The summed E-state index contributed by atoms with van der Waals surface area (Å²) in [6, 6.07) is 23.4. The number of benzene rings is 3. The first-order chi connectivity index (χ1) is 17.5. The third-order valence-electron chi connectivity index (χ3n) is 6.61. The van der Waals surface area contributed by atoms with E-state index in [4.69, 9.17) is 14.3 Å². The number of nitrogens with zero attached hydrogens (tertiary/aromatic N) is 1. The molecule has 0 saturated carbocycles. The number of hydrogen-bond acceptors (Lipinski definition) is 6. The van der Waals surface area contributed by atoms with Crippen molar-refractivity contribution in [3.63, 3.8) is 0 Å². The Labute approximate surface area is 213 Å². The summed E-state index contributed by atoms with van der Waals surface area (Å²) in [6.45, 7) is 0.374. The summed E-state index contributed by atoms with van der Waals surface area (Å²) in [5, 5.41) is 11.6. The number of halogens is 1. The third kappa shape index (κ3) is 5.90. The van der Waals surface area contributed by atoms with Crippen LogP contribution in [-0.4, -0.2) is 33.8 Å². The summed E-state index contributed by atoms with van der Waals surface area (Å²) in [5.74, 6) is 0.168. The minimum absolute atomic E-state index is 0.0597. The number of rotatable bonds is 10. The van der Waals surface area contributed by atoms with Crippen LogP contribution >= 0.6 is 11.8 Å². The maximum atomic E-state index is 13.1. The Balaban J connectivity index is 1.27. The highest BCUT2D eigenvalue weighted by Crippen LogP contribution is 2.47. The van der Waals surface area contributed by atoms with Gasteiger partial charge in [0.15, 0.2) is 0 Å². The van der Waals surface area contributed by atoms with E-state index in [-0.39, 0.29) is 11.9 Å². The van der Waals surface area contributed by atoms with Gasteiger partial charge in [0.2, 0.25) is 0 Å². The SMILES string of the molecule is O=C(O)C1CC2CCC(N(CSc3ccc(Oc4ccc(F)cc4)cc3)OCc3ccccc3)(C1)O2. The molecular formula is C28H28FNO5S. The third-order valence-corrected chi connectivity index (χ3v) is 7.58. The van der Waals surface area contributed by atoms with Crippen molar-refractivity contribution >= 4 is 17.7 Å². The van der Waals surface area contributed by atoms with Gasteiger partial charge in [0, 0.05) is 11.3 Å². The van der Waals surface area contributed by atoms with E-state index in [0.29, 0.717) is 36.8 Å². The number of carboxylic acid groups (broad SMARTS) is 1. The lowest BCUT2D eigenvalue weighted by Gasteiger charge is -2.43. The molecule has 0 aromatic heterocycles. The van der Waals surface area contributed by atoms with Gasteiger partial charge < -0.3 is 14.6 Å². The first kappa shape index (κ1) is 24.8. The molecule has 2 aliphatic rings. The molecule has 0 radical (unpaired) electrons. The quantitative estimate of drug-likeness (QED) is 0.191. The Morgan fingerprint density at radius 2 is 1.75 bits per heavy atom. The Hall–Kier alpha value is -2.91. The lowest BCUT2D eigenvalue weighted by molar-refractivity contribution is -0.315. The highest BCUT2D eigenvalue weighted by atomic mass is 32.2. The second kappa shape index (κ2) is 11.0. The highest BCUT2D eigenvalue weighted by Gasteiger charge is 2.53. The van der Waals surface area contributed by atoms with Crippen molar-refractivity contribution in [3.8, 4) is 11.5 Å². The molecule has 188 valence electrons. The smallest absolute Gasteiger partial charge is 0.306 e. The second-order valence-corrected chi connectivity index (χ2v) is 10.2. The summed E-state index contributed by atoms with van der Waals surface area (Å²) < 4.78 is 25.3. The van der Waals surface area contributed by atoms with Gasteiger partial charge in [0.05, 0.1) is 24.5 Å². The molecule has 2 aliphatic heterocycles. The Morgan fingerprint density at radius 3 is 2.44 bits per heavy atom. The molecule has 36 heavy (non-hydrogen) atoms. The summed E-state index contributed by atoms with van der Waals surface area (Å²) in [6.07, 6.45) is 2.46. The zero-order valence-electron chi connectivity index (χ0n) is 19.7. The van der Waals surface area contributed by atoms with E-state index in [0.717, 1.165) is 23.3 Å². The fraction of sp³-hybridized carbons (Fsp3) is 0.321. The fourth-order valence-corrected chi connectivity index (χ4v) is 5.67. The normalized spacial score (nSPS) is 23.1. The first-order valence-corrected chi connectivity index (χ1v) is 13.0. The lowest BCUT2D eigenvalue weighted by atomic mass is 9.92. The van der Waals surface area contributed by atoms with E-state index in [1.165, 1.54) is 12.1 Å². The van der Waals surface area contributed by atoms with Crippen molar-refractivity contribution < 1.29 is 28.6 Å². The average molecular weight is 510 g/mol. The maximum Gasteiger partial charge on any atom is 0.306 e. The van der Waals surface area contributed by atoms with Gasteiger partial charge in [-0.25, -0.2) is 4.39 Å². The zero-order valence-corrected chi connectivity index (χ0v) is 20.5. The molecule has 6 nitrogen and oxygen atoms in total. The Kier molecular flexibility index (Phi) is 7.57. The number of carboxylic acids is 1. The van der Waals surface area contributed by atoms with Crippen LogP contribution in [0.5, 0.6) is 11.5 Å². The molecule has 1 N–H and O–H groups in total. The number of aliphatic carboxylic acids is 1. The largest absolute Gasteiger partial charge is 0.481 e. The molecule has 5 rings (SSSR count). The number of carbonyl (C=O) groups is 1. The molecule has 2 bridgehead atoms. The predicted octanol–water partition coefficient (Wildman–Crippen LogP) is 6.47. The molecular weight excluding hydrogens is 481 g/mol. The van der Waals surface area contributed by atoms with Crippen LogP contribution in [0.3, 0.4) is 0 Å². The van der Waals surface area contributed by atoms with E-state index in [1.54, 1.807) is 23.9 Å². The minimum Gasteiger partial charge on any atom is -0.481 e. The first-order valence-electron chi connectivity index (χ1n) is 12.0. The summed E-state index contributed by atoms with van der Waals surface area (Å²) in [4.78, 5) is 19.1. The van der Waals surface area contributed by atoms with Gasteiger partial charge in [-0.2, -0.15) is 0 Å². The summed E-state index contributed by atoms with van der Waals surface area (Å²) >= 11 is 1.58. The molecule has 0 amide bonds. The average Bonchev–Trinajstić information content (AvgIpc) is 3.21.